The summed E-state index contributed by atoms with van der Waals surface area (Å²) < 4.78 is 40.2. The van der Waals surface area contributed by atoms with E-state index in [1.54, 1.807) is 18.2 Å². The number of nitrogens with zero attached hydrogens (tertiary/aromatic N) is 3. The third kappa shape index (κ3) is 3.82. The lowest BCUT2D eigenvalue weighted by Gasteiger charge is -2.15. The highest BCUT2D eigenvalue weighted by molar-refractivity contribution is 6.02. The van der Waals surface area contributed by atoms with Gasteiger partial charge in [-0.05, 0) is 30.3 Å². The number of aromatic hydroxyl groups is 1. The number of H-pyrrole nitrogens is 1. The highest BCUT2D eigenvalue weighted by Gasteiger charge is 2.31. The molecular formula is C21H13F3N4O3. The fourth-order valence-corrected chi connectivity index (χ4v) is 3.12. The van der Waals surface area contributed by atoms with Crippen molar-refractivity contribution in [2.24, 2.45) is 4.99 Å². The number of pyridine rings is 1. The molecule has 0 aliphatic rings. The molecule has 0 aliphatic heterocycles. The van der Waals surface area contributed by atoms with Crippen LogP contribution in [0.15, 0.2) is 75.4 Å². The minimum Gasteiger partial charge on any atom is -0.494 e. The number of aliphatic imine (C=N–C) groups is 1. The molecule has 31 heavy (non-hydrogen) atoms. The average Bonchev–Trinajstić information content (AvgIpc) is 2.73. The molecule has 0 saturated heterocycles. The Morgan fingerprint density at radius 1 is 1.03 bits per heavy atom. The fourth-order valence-electron chi connectivity index (χ4n) is 3.12. The lowest BCUT2D eigenvalue weighted by Crippen LogP contribution is -2.20. The molecule has 4 aromatic rings. The highest BCUT2D eigenvalue weighted by atomic mass is 19.4. The van der Waals surface area contributed by atoms with Crippen LogP contribution in [0.1, 0.15) is 11.1 Å². The summed E-state index contributed by atoms with van der Waals surface area (Å²) in [6.45, 7) is 0. The SMILES string of the molecule is O=c1nccc(/N=C/c2c(O)n(-c3cccc(C(F)(F)F)c3)c(=O)c3ccccc23)[nH]1. The van der Waals surface area contributed by atoms with E-state index in [-0.39, 0.29) is 22.5 Å². The van der Waals surface area contributed by atoms with Crippen LogP contribution in [0.5, 0.6) is 5.88 Å². The average molecular weight is 426 g/mol. The number of hydrogen-bond donors (Lipinski definition) is 2. The maximum Gasteiger partial charge on any atom is 0.416 e. The zero-order chi connectivity index (χ0) is 22.2. The first-order valence-electron chi connectivity index (χ1n) is 8.89. The molecule has 4 rings (SSSR count). The van der Waals surface area contributed by atoms with Gasteiger partial charge in [-0.3, -0.25) is 9.78 Å². The van der Waals surface area contributed by atoms with Gasteiger partial charge in [-0.25, -0.2) is 19.3 Å². The second kappa shape index (κ2) is 7.56. The quantitative estimate of drug-likeness (QED) is 0.490. The molecule has 0 atom stereocenters. The summed E-state index contributed by atoms with van der Waals surface area (Å²) in [7, 11) is 0. The van der Waals surface area contributed by atoms with Crippen molar-refractivity contribution in [3.05, 3.63) is 92.8 Å². The molecule has 2 heterocycles. The summed E-state index contributed by atoms with van der Waals surface area (Å²) in [6, 6.07) is 11.8. The Balaban J connectivity index is 1.98. The smallest absolute Gasteiger partial charge is 0.416 e. The van der Waals surface area contributed by atoms with Crippen LogP contribution in [0.25, 0.3) is 16.5 Å². The van der Waals surface area contributed by atoms with Crippen molar-refractivity contribution in [1.82, 2.24) is 14.5 Å². The molecule has 0 bridgehead atoms. The van der Waals surface area contributed by atoms with Crippen LogP contribution in [0.3, 0.4) is 0 Å². The van der Waals surface area contributed by atoms with Gasteiger partial charge in [0.1, 0.15) is 5.82 Å². The molecule has 2 aromatic heterocycles. The predicted octanol–water partition coefficient (Wildman–Crippen LogP) is 3.55. The van der Waals surface area contributed by atoms with E-state index in [0.717, 1.165) is 22.8 Å². The van der Waals surface area contributed by atoms with Gasteiger partial charge in [0.25, 0.3) is 5.56 Å². The van der Waals surface area contributed by atoms with E-state index in [9.17, 15) is 27.9 Å². The normalized spacial score (nSPS) is 12.0. The van der Waals surface area contributed by atoms with Crippen LogP contribution in [0, 0.1) is 0 Å². The lowest BCUT2D eigenvalue weighted by atomic mass is 10.1. The van der Waals surface area contributed by atoms with Gasteiger partial charge in [0.15, 0.2) is 0 Å². The molecule has 0 spiro atoms. The van der Waals surface area contributed by atoms with Crippen LogP contribution >= 0.6 is 0 Å². The number of benzene rings is 2. The maximum atomic E-state index is 13.2. The van der Waals surface area contributed by atoms with Crippen molar-refractivity contribution >= 4 is 22.8 Å². The Morgan fingerprint density at radius 2 is 1.77 bits per heavy atom. The van der Waals surface area contributed by atoms with Gasteiger partial charge in [-0.15, -0.1) is 0 Å². The third-order valence-corrected chi connectivity index (χ3v) is 4.53. The number of halogens is 3. The van der Waals surface area contributed by atoms with E-state index in [2.05, 4.69) is 15.0 Å². The molecule has 0 aliphatic carbocycles. The minimum absolute atomic E-state index is 0.0882. The number of aromatic nitrogens is 3. The summed E-state index contributed by atoms with van der Waals surface area (Å²) in [5.74, 6) is -0.455. The van der Waals surface area contributed by atoms with E-state index in [0.29, 0.717) is 5.39 Å². The van der Waals surface area contributed by atoms with Gasteiger partial charge in [-0.2, -0.15) is 13.2 Å². The second-order valence-electron chi connectivity index (χ2n) is 6.49. The Bertz CT molecular complexity index is 1440. The highest BCUT2D eigenvalue weighted by Crippen LogP contribution is 2.32. The van der Waals surface area contributed by atoms with Crippen molar-refractivity contribution in [1.29, 1.82) is 0 Å². The number of alkyl halides is 3. The number of aromatic amines is 1. The number of nitrogens with one attached hydrogen (secondary N) is 1. The first-order valence-corrected chi connectivity index (χ1v) is 8.89. The summed E-state index contributed by atoms with van der Waals surface area (Å²) in [4.78, 5) is 34.3. The van der Waals surface area contributed by atoms with Crippen molar-refractivity contribution < 1.29 is 18.3 Å². The van der Waals surface area contributed by atoms with Gasteiger partial charge in [0, 0.05) is 23.2 Å². The van der Waals surface area contributed by atoms with E-state index in [4.69, 9.17) is 0 Å². The zero-order valence-electron chi connectivity index (χ0n) is 15.6. The van der Waals surface area contributed by atoms with Gasteiger partial charge < -0.3 is 5.11 Å². The number of rotatable bonds is 3. The van der Waals surface area contributed by atoms with Gasteiger partial charge in [0.05, 0.1) is 16.8 Å². The zero-order valence-corrected chi connectivity index (χ0v) is 15.6. The van der Waals surface area contributed by atoms with Crippen LogP contribution in [0.2, 0.25) is 0 Å². The standard InChI is InChI=1S/C21H13F3N4O3/c22-21(23,24)12-4-3-5-13(10-12)28-18(29)15-7-2-1-6-14(15)16(19(28)30)11-26-17-8-9-25-20(31)27-17/h1-11,30H,(H,25,27,31)/b26-11+. The Kier molecular flexibility index (Phi) is 4.90. The molecular weight excluding hydrogens is 413 g/mol. The van der Waals surface area contributed by atoms with Crippen LogP contribution in [-0.4, -0.2) is 25.9 Å². The molecule has 0 amide bonds. The van der Waals surface area contributed by atoms with Gasteiger partial charge in [0.2, 0.25) is 5.88 Å². The van der Waals surface area contributed by atoms with Crippen LogP contribution in [-0.2, 0) is 6.18 Å². The fraction of sp³-hybridized carbons (Fsp3) is 0.0476. The minimum atomic E-state index is -4.62. The van der Waals surface area contributed by atoms with Gasteiger partial charge in [-0.1, -0.05) is 24.3 Å². The largest absolute Gasteiger partial charge is 0.494 e. The summed E-state index contributed by atoms with van der Waals surface area (Å²) >= 11 is 0. The van der Waals surface area contributed by atoms with E-state index >= 15 is 0 Å². The molecule has 7 nitrogen and oxygen atoms in total. The Hall–Kier alpha value is -4.21. The molecule has 0 saturated carbocycles. The summed E-state index contributed by atoms with van der Waals surface area (Å²) in [5.41, 5.74) is -2.35. The number of hydrogen-bond acceptors (Lipinski definition) is 5. The summed E-state index contributed by atoms with van der Waals surface area (Å²) in [5, 5.41) is 11.4. The molecule has 10 heteroatoms. The summed E-state index contributed by atoms with van der Waals surface area (Å²) in [6.07, 6.45) is -2.16. The molecule has 2 aromatic carbocycles. The Morgan fingerprint density at radius 3 is 2.48 bits per heavy atom. The second-order valence-corrected chi connectivity index (χ2v) is 6.49. The van der Waals surface area contributed by atoms with Crippen molar-refractivity contribution in [3.8, 4) is 11.6 Å². The third-order valence-electron chi connectivity index (χ3n) is 4.53. The Labute approximate surface area is 171 Å². The van der Waals surface area contributed by atoms with E-state index in [1.807, 2.05) is 0 Å². The maximum absolute atomic E-state index is 13.2. The molecule has 0 unspecified atom stereocenters. The predicted molar refractivity (Wildman–Crippen MR) is 108 cm³/mol. The van der Waals surface area contributed by atoms with Crippen molar-refractivity contribution in [2.45, 2.75) is 6.18 Å². The molecule has 2 N–H and O–H groups in total. The van der Waals surface area contributed by atoms with Gasteiger partial charge >= 0.3 is 11.9 Å². The molecule has 0 fully saturated rings. The first kappa shape index (κ1) is 20.1. The monoisotopic (exact) mass is 426 g/mol. The topological polar surface area (TPSA) is 100 Å². The molecule has 156 valence electrons. The molecule has 0 radical (unpaired) electrons. The van der Waals surface area contributed by atoms with E-state index in [1.165, 1.54) is 30.6 Å². The first-order chi connectivity index (χ1) is 14.8. The van der Waals surface area contributed by atoms with Crippen molar-refractivity contribution in [2.75, 3.05) is 0 Å². The lowest BCUT2D eigenvalue weighted by molar-refractivity contribution is -0.137. The van der Waals surface area contributed by atoms with E-state index < -0.39 is 28.9 Å². The van der Waals surface area contributed by atoms with Crippen molar-refractivity contribution in [3.63, 3.8) is 0 Å². The van der Waals surface area contributed by atoms with Crippen LogP contribution < -0.4 is 11.2 Å². The number of fused-ring (bicyclic) bond motifs is 1. The van der Waals surface area contributed by atoms with Crippen LogP contribution in [0.4, 0.5) is 19.0 Å².